The molecule has 0 fully saturated rings. The fourth-order valence-electron chi connectivity index (χ4n) is 2.51. The molecule has 5 heteroatoms. The SMILES string of the molecule is O=C(Oc1ccccc1/C=C1\Sc2ccccc2C1=O)c1cccs1. The summed E-state index contributed by atoms with van der Waals surface area (Å²) in [6.07, 6.45) is 1.78. The molecule has 2 heterocycles. The number of rotatable bonds is 3. The van der Waals surface area contributed by atoms with Gasteiger partial charge >= 0.3 is 5.97 Å². The minimum Gasteiger partial charge on any atom is -0.422 e. The van der Waals surface area contributed by atoms with Gasteiger partial charge in [-0.3, -0.25) is 4.79 Å². The van der Waals surface area contributed by atoms with Crippen molar-refractivity contribution in [2.75, 3.05) is 0 Å². The van der Waals surface area contributed by atoms with Crippen LogP contribution in [0.3, 0.4) is 0 Å². The molecule has 0 unspecified atom stereocenters. The number of thiophene rings is 1. The Hall–Kier alpha value is -2.63. The van der Waals surface area contributed by atoms with E-state index < -0.39 is 5.97 Å². The van der Waals surface area contributed by atoms with Crippen LogP contribution in [-0.4, -0.2) is 11.8 Å². The molecule has 0 aliphatic carbocycles. The second-order valence-corrected chi connectivity index (χ2v) is 7.37. The second kappa shape index (κ2) is 6.70. The summed E-state index contributed by atoms with van der Waals surface area (Å²) in [5.41, 5.74) is 1.42. The van der Waals surface area contributed by atoms with Crippen LogP contribution in [0.1, 0.15) is 25.6 Å². The van der Waals surface area contributed by atoms with E-state index in [0.717, 1.165) is 4.90 Å². The number of para-hydroxylation sites is 1. The highest BCUT2D eigenvalue weighted by atomic mass is 32.2. The molecule has 0 amide bonds. The van der Waals surface area contributed by atoms with Gasteiger partial charge in [0, 0.05) is 16.0 Å². The number of fused-ring (bicyclic) bond motifs is 1. The molecule has 0 N–H and O–H groups in total. The number of ketones is 1. The van der Waals surface area contributed by atoms with E-state index in [2.05, 4.69) is 0 Å². The van der Waals surface area contributed by atoms with E-state index in [1.807, 2.05) is 41.8 Å². The number of ether oxygens (including phenoxy) is 1. The lowest BCUT2D eigenvalue weighted by Crippen LogP contribution is -2.07. The molecule has 0 saturated heterocycles. The lowest BCUT2D eigenvalue weighted by Gasteiger charge is -2.07. The third kappa shape index (κ3) is 3.16. The summed E-state index contributed by atoms with van der Waals surface area (Å²) in [7, 11) is 0. The Morgan fingerprint density at radius 2 is 1.76 bits per heavy atom. The van der Waals surface area contributed by atoms with Gasteiger partial charge in [0.2, 0.25) is 5.78 Å². The van der Waals surface area contributed by atoms with Crippen LogP contribution in [0.15, 0.2) is 75.8 Å². The molecule has 0 bridgehead atoms. The van der Waals surface area contributed by atoms with Gasteiger partial charge in [-0.15, -0.1) is 11.3 Å². The van der Waals surface area contributed by atoms with Crippen molar-refractivity contribution in [3.8, 4) is 5.75 Å². The first-order valence-corrected chi connectivity index (χ1v) is 9.30. The molecule has 3 aromatic rings. The van der Waals surface area contributed by atoms with Crippen molar-refractivity contribution in [1.82, 2.24) is 0 Å². The maximum Gasteiger partial charge on any atom is 0.353 e. The largest absolute Gasteiger partial charge is 0.422 e. The number of benzene rings is 2. The van der Waals surface area contributed by atoms with Gasteiger partial charge in [-0.1, -0.05) is 48.2 Å². The Kier molecular flexibility index (Phi) is 4.26. The summed E-state index contributed by atoms with van der Waals surface area (Å²) in [4.78, 5) is 26.8. The zero-order chi connectivity index (χ0) is 17.2. The third-order valence-electron chi connectivity index (χ3n) is 3.71. The molecule has 3 nitrogen and oxygen atoms in total. The van der Waals surface area contributed by atoms with Crippen molar-refractivity contribution >= 4 is 40.9 Å². The van der Waals surface area contributed by atoms with Crippen LogP contribution in [0, 0.1) is 0 Å². The minimum atomic E-state index is -0.394. The van der Waals surface area contributed by atoms with Crippen LogP contribution in [0.5, 0.6) is 5.75 Å². The van der Waals surface area contributed by atoms with Crippen molar-refractivity contribution in [2.24, 2.45) is 0 Å². The molecule has 1 aliphatic rings. The number of carbonyl (C=O) groups excluding carboxylic acids is 2. The van der Waals surface area contributed by atoms with E-state index in [-0.39, 0.29) is 5.78 Å². The summed E-state index contributed by atoms with van der Waals surface area (Å²) in [6.45, 7) is 0. The Morgan fingerprint density at radius 3 is 2.56 bits per heavy atom. The van der Waals surface area contributed by atoms with Crippen LogP contribution >= 0.6 is 23.1 Å². The summed E-state index contributed by atoms with van der Waals surface area (Å²) < 4.78 is 5.52. The molecular weight excluding hydrogens is 352 g/mol. The van der Waals surface area contributed by atoms with E-state index in [1.165, 1.54) is 23.1 Å². The summed E-state index contributed by atoms with van der Waals surface area (Å²) in [6, 6.07) is 18.3. The first-order chi connectivity index (χ1) is 12.2. The van der Waals surface area contributed by atoms with Gasteiger partial charge < -0.3 is 4.74 Å². The second-order valence-electron chi connectivity index (χ2n) is 5.34. The van der Waals surface area contributed by atoms with Gasteiger partial charge in [0.15, 0.2) is 0 Å². The van der Waals surface area contributed by atoms with Crippen molar-refractivity contribution in [1.29, 1.82) is 0 Å². The molecular formula is C20H12O3S2. The van der Waals surface area contributed by atoms with E-state index in [9.17, 15) is 9.59 Å². The van der Waals surface area contributed by atoms with Crippen molar-refractivity contribution in [2.45, 2.75) is 4.90 Å². The van der Waals surface area contributed by atoms with Crippen molar-refractivity contribution in [3.63, 3.8) is 0 Å². The zero-order valence-corrected chi connectivity index (χ0v) is 14.6. The van der Waals surface area contributed by atoms with Crippen LogP contribution in [0.25, 0.3) is 6.08 Å². The number of Topliss-reactive ketones (excluding diaryl/α,β-unsaturated/α-hetero) is 1. The predicted molar refractivity (Wildman–Crippen MR) is 100 cm³/mol. The molecule has 122 valence electrons. The van der Waals surface area contributed by atoms with Crippen molar-refractivity contribution in [3.05, 3.63) is 87.0 Å². The first-order valence-electron chi connectivity index (χ1n) is 7.60. The van der Waals surface area contributed by atoms with Crippen LogP contribution in [0.4, 0.5) is 0 Å². The van der Waals surface area contributed by atoms with E-state index in [4.69, 9.17) is 4.74 Å². The number of hydrogen-bond donors (Lipinski definition) is 0. The highest BCUT2D eigenvalue weighted by Gasteiger charge is 2.25. The number of esters is 1. The van der Waals surface area contributed by atoms with Gasteiger partial charge in [-0.25, -0.2) is 4.79 Å². The standard InChI is InChI=1S/C20H12O3S2/c21-19-14-7-2-4-9-16(14)25-18(19)12-13-6-1-3-8-15(13)23-20(22)17-10-5-11-24-17/h1-12H/b18-12-. The number of thioether (sulfide) groups is 1. The van der Waals surface area contributed by atoms with Gasteiger partial charge in [0.05, 0.1) is 4.91 Å². The fraction of sp³-hybridized carbons (Fsp3) is 0. The molecule has 0 radical (unpaired) electrons. The van der Waals surface area contributed by atoms with Crippen LogP contribution < -0.4 is 4.74 Å². The highest BCUT2D eigenvalue weighted by molar-refractivity contribution is 8.04. The lowest BCUT2D eigenvalue weighted by molar-refractivity contribution is 0.0739. The normalized spacial score (nSPS) is 14.6. The van der Waals surface area contributed by atoms with E-state index in [1.54, 1.807) is 30.3 Å². The molecule has 0 atom stereocenters. The molecule has 0 spiro atoms. The van der Waals surface area contributed by atoms with Gasteiger partial charge in [0.25, 0.3) is 0 Å². The maximum absolute atomic E-state index is 12.5. The van der Waals surface area contributed by atoms with Gasteiger partial charge in [0.1, 0.15) is 10.6 Å². The molecule has 4 rings (SSSR count). The quantitative estimate of drug-likeness (QED) is 0.359. The lowest BCUT2D eigenvalue weighted by atomic mass is 10.1. The van der Waals surface area contributed by atoms with Crippen molar-refractivity contribution < 1.29 is 14.3 Å². The summed E-state index contributed by atoms with van der Waals surface area (Å²) in [5.74, 6) is 0.0484. The van der Waals surface area contributed by atoms with Crippen LogP contribution in [-0.2, 0) is 0 Å². The summed E-state index contributed by atoms with van der Waals surface area (Å²) >= 11 is 2.77. The maximum atomic E-state index is 12.5. The number of hydrogen-bond acceptors (Lipinski definition) is 5. The predicted octanol–water partition coefficient (Wildman–Crippen LogP) is 5.30. The molecule has 1 aromatic heterocycles. The molecule has 0 saturated carbocycles. The Bertz CT molecular complexity index is 988. The van der Waals surface area contributed by atoms with Crippen LogP contribution in [0.2, 0.25) is 0 Å². The molecule has 2 aromatic carbocycles. The van der Waals surface area contributed by atoms with E-state index >= 15 is 0 Å². The zero-order valence-electron chi connectivity index (χ0n) is 13.0. The number of carbonyl (C=O) groups is 2. The summed E-state index contributed by atoms with van der Waals surface area (Å²) in [5, 5.41) is 1.83. The third-order valence-corrected chi connectivity index (χ3v) is 5.65. The minimum absolute atomic E-state index is 0.0000126. The molecule has 25 heavy (non-hydrogen) atoms. The highest BCUT2D eigenvalue weighted by Crippen LogP contribution is 2.41. The average Bonchev–Trinajstić information content (AvgIpc) is 3.26. The average molecular weight is 364 g/mol. The molecule has 1 aliphatic heterocycles. The smallest absolute Gasteiger partial charge is 0.353 e. The fourth-order valence-corrected chi connectivity index (χ4v) is 4.16. The Balaban J connectivity index is 1.64. The Labute approximate surface area is 153 Å². The topological polar surface area (TPSA) is 43.4 Å². The monoisotopic (exact) mass is 364 g/mol. The van der Waals surface area contributed by atoms with Gasteiger partial charge in [-0.2, -0.15) is 0 Å². The van der Waals surface area contributed by atoms with E-state index in [0.29, 0.717) is 26.7 Å². The first kappa shape index (κ1) is 15.9. The van der Waals surface area contributed by atoms with Gasteiger partial charge in [-0.05, 0) is 35.7 Å². The number of allylic oxidation sites excluding steroid dienone is 1. The Morgan fingerprint density at radius 1 is 0.960 bits per heavy atom.